The van der Waals surface area contributed by atoms with Crippen molar-refractivity contribution in [3.8, 4) is 22.9 Å². The third kappa shape index (κ3) is 6.42. The van der Waals surface area contributed by atoms with E-state index in [9.17, 15) is 14.9 Å². The number of nitriles is 1. The van der Waals surface area contributed by atoms with Gasteiger partial charge in [-0.25, -0.2) is 19.0 Å². The van der Waals surface area contributed by atoms with Gasteiger partial charge in [0.25, 0.3) is 0 Å². The first-order valence-electron chi connectivity index (χ1n) is 18.2. The largest absolute Gasteiger partial charge is 0.467 e. The van der Waals surface area contributed by atoms with Gasteiger partial charge in [0.05, 0.1) is 29.7 Å². The summed E-state index contributed by atoms with van der Waals surface area (Å²) in [7, 11) is 1.52. The highest BCUT2D eigenvalue weighted by molar-refractivity contribution is 6.32. The summed E-state index contributed by atoms with van der Waals surface area (Å²) in [5.74, 6) is 0.0369. The van der Waals surface area contributed by atoms with Crippen molar-refractivity contribution in [2.75, 3.05) is 33.5 Å². The van der Waals surface area contributed by atoms with E-state index in [1.807, 2.05) is 57.4 Å². The highest BCUT2D eigenvalue weighted by atomic mass is 35.5. The van der Waals surface area contributed by atoms with Gasteiger partial charge in [-0.15, -0.1) is 0 Å². The zero-order valence-electron chi connectivity index (χ0n) is 31.3. The molecule has 11 nitrogen and oxygen atoms in total. The Kier molecular flexibility index (Phi) is 9.70. The molecule has 0 spiro atoms. The molecule has 1 saturated carbocycles. The quantitative estimate of drug-likeness (QED) is 0.171. The van der Waals surface area contributed by atoms with E-state index in [0.29, 0.717) is 63.7 Å². The van der Waals surface area contributed by atoms with Crippen molar-refractivity contribution >= 4 is 45.5 Å². The molecule has 53 heavy (non-hydrogen) atoms. The van der Waals surface area contributed by atoms with Crippen molar-refractivity contribution in [2.45, 2.75) is 91.0 Å². The summed E-state index contributed by atoms with van der Waals surface area (Å²) in [6.07, 6.45) is 1.73. The van der Waals surface area contributed by atoms with E-state index >= 15 is 4.39 Å². The van der Waals surface area contributed by atoms with Gasteiger partial charge in [0, 0.05) is 71.8 Å². The molecule has 4 aliphatic rings. The normalized spacial score (nSPS) is 20.4. The lowest BCUT2D eigenvalue weighted by Gasteiger charge is -2.41. The molecule has 13 heteroatoms. The van der Waals surface area contributed by atoms with Gasteiger partial charge in [-0.05, 0) is 102 Å². The minimum atomic E-state index is -0.646. The Morgan fingerprint density at radius 2 is 1.98 bits per heavy atom. The monoisotopic (exact) mass is 744 g/mol. The van der Waals surface area contributed by atoms with Gasteiger partial charge in [-0.2, -0.15) is 5.26 Å². The number of hydrogen-bond donors (Lipinski definition) is 1. The smallest absolute Gasteiger partial charge is 0.410 e. The topological polar surface area (TPSA) is 122 Å². The third-order valence-electron chi connectivity index (χ3n) is 10.9. The molecule has 2 bridgehead atoms. The Labute approximate surface area is 313 Å². The minimum absolute atomic E-state index is 0.00953. The van der Waals surface area contributed by atoms with Crippen LogP contribution in [-0.2, 0) is 15.9 Å². The maximum atomic E-state index is 17.5. The molecule has 3 saturated heterocycles. The number of carbonyl (C=O) groups is 2. The molecule has 3 aliphatic heterocycles. The number of aromatic nitrogens is 2. The number of amides is 3. The number of ether oxygens (including phenoxy) is 3. The van der Waals surface area contributed by atoms with E-state index in [2.05, 4.69) is 22.0 Å². The van der Waals surface area contributed by atoms with Crippen molar-refractivity contribution in [1.82, 2.24) is 24.7 Å². The number of benzene rings is 2. The number of aryl methyl sites for hydroxylation is 2. The summed E-state index contributed by atoms with van der Waals surface area (Å²) in [5.41, 5.74) is 4.04. The predicted molar refractivity (Wildman–Crippen MR) is 201 cm³/mol. The fourth-order valence-electron chi connectivity index (χ4n) is 8.43. The van der Waals surface area contributed by atoms with Crippen molar-refractivity contribution < 1.29 is 28.2 Å². The maximum absolute atomic E-state index is 17.5. The molecule has 4 atom stereocenters. The van der Waals surface area contributed by atoms with Crippen molar-refractivity contribution in [3.05, 3.63) is 57.6 Å². The van der Waals surface area contributed by atoms with Gasteiger partial charge in [-0.1, -0.05) is 11.6 Å². The van der Waals surface area contributed by atoms with Crippen LogP contribution in [0.15, 0.2) is 24.3 Å². The second kappa shape index (κ2) is 14.0. The summed E-state index contributed by atoms with van der Waals surface area (Å²) in [5, 5.41) is 14.5. The lowest BCUT2D eigenvalue weighted by molar-refractivity contribution is 0.0208. The first-order chi connectivity index (χ1) is 25.2. The number of nitrogens with zero attached hydrogens (tertiary/aromatic N) is 5. The molecule has 280 valence electrons. The highest BCUT2D eigenvalue weighted by Crippen LogP contribution is 2.53. The van der Waals surface area contributed by atoms with E-state index in [4.69, 9.17) is 30.8 Å². The van der Waals surface area contributed by atoms with Gasteiger partial charge in [0.1, 0.15) is 16.9 Å². The average molecular weight is 745 g/mol. The van der Waals surface area contributed by atoms with Gasteiger partial charge in [0.2, 0.25) is 0 Å². The number of rotatable bonds is 9. The number of nitrogens with one attached hydrogen (secondary N) is 1. The lowest BCUT2D eigenvalue weighted by atomic mass is 9.79. The number of carbonyl (C=O) groups excluding carboxylic acids is 2. The van der Waals surface area contributed by atoms with Crippen LogP contribution in [0.3, 0.4) is 0 Å². The van der Waals surface area contributed by atoms with Crippen LogP contribution in [0.5, 0.6) is 5.75 Å². The molecule has 0 radical (unpaired) electrons. The molecular weight excluding hydrogens is 699 g/mol. The standard InChI is InChI=1S/C40H46ClFN6O5/c1-21-27(16-26(17-30(21)41)52-20-51-7)33-24(10-8-11-43)14-29-35(34(33)42)45-22(2)28-18-31(23(3)46-13-9-12-44-38(46)49)48(37(28)29)36-25-15-32(36)47(19-25)39(50)53-40(4,5)6/h14,16-18,23,25,32,36H,8-10,12-13,15,19-20H2,1-7H3,(H,44,49)/t23-,25-,32-,36+/m1/s1. The molecule has 2 aromatic carbocycles. The van der Waals surface area contributed by atoms with Crippen LogP contribution in [0, 0.1) is 36.9 Å². The second-order valence-electron chi connectivity index (χ2n) is 15.4. The summed E-state index contributed by atoms with van der Waals surface area (Å²) in [4.78, 5) is 35.2. The molecule has 0 unspecified atom stereocenters. The fourth-order valence-corrected chi connectivity index (χ4v) is 8.64. The SMILES string of the molecule is COCOc1cc(Cl)c(C)c(-c2c(CCC#N)cc3c(nc(C)c4cc([C@@H](C)N5CCCNC5=O)n([C@H]5[C@@H]6C[C@H]5N(C(=O)OC(C)(C)C)C6)c43)c2F)c1. The summed E-state index contributed by atoms with van der Waals surface area (Å²) in [6, 6.07) is 8.96. The summed E-state index contributed by atoms with van der Waals surface area (Å²) < 4.78 is 36.4. The van der Waals surface area contributed by atoms with Crippen molar-refractivity contribution in [3.63, 3.8) is 0 Å². The number of urea groups is 1. The molecule has 1 aliphatic carbocycles. The van der Waals surface area contributed by atoms with Crippen molar-refractivity contribution in [2.24, 2.45) is 5.92 Å². The van der Waals surface area contributed by atoms with E-state index < -0.39 is 11.4 Å². The number of pyridine rings is 1. The summed E-state index contributed by atoms with van der Waals surface area (Å²) >= 11 is 6.68. The lowest BCUT2D eigenvalue weighted by Crippen LogP contribution is -2.48. The second-order valence-corrected chi connectivity index (χ2v) is 15.9. The Morgan fingerprint density at radius 3 is 2.68 bits per heavy atom. The summed E-state index contributed by atoms with van der Waals surface area (Å²) in [6.45, 7) is 13.1. The number of hydrogen-bond acceptors (Lipinski definition) is 7. The molecule has 4 fully saturated rings. The fraction of sp³-hybridized carbons (Fsp3) is 0.500. The zero-order chi connectivity index (χ0) is 37.9. The van der Waals surface area contributed by atoms with Crippen LogP contribution in [0.4, 0.5) is 14.0 Å². The van der Waals surface area contributed by atoms with E-state index in [1.54, 1.807) is 12.1 Å². The van der Waals surface area contributed by atoms with Crippen LogP contribution >= 0.6 is 11.6 Å². The van der Waals surface area contributed by atoms with Gasteiger partial charge in [-0.3, -0.25) is 0 Å². The first kappa shape index (κ1) is 36.7. The molecular formula is C40H46ClFN6O5. The van der Waals surface area contributed by atoms with Crippen LogP contribution in [0.25, 0.3) is 32.9 Å². The average Bonchev–Trinajstić information content (AvgIpc) is 3.82. The van der Waals surface area contributed by atoms with E-state index in [0.717, 1.165) is 29.4 Å². The Morgan fingerprint density at radius 1 is 1.21 bits per heavy atom. The maximum Gasteiger partial charge on any atom is 0.410 e. The Hall–Kier alpha value is -4.60. The van der Waals surface area contributed by atoms with Crippen LogP contribution in [0.2, 0.25) is 5.02 Å². The van der Waals surface area contributed by atoms with Crippen LogP contribution < -0.4 is 10.1 Å². The minimum Gasteiger partial charge on any atom is -0.467 e. The Bertz CT molecular complexity index is 2170. The Balaban J connectivity index is 1.48. The molecule has 2 aromatic heterocycles. The predicted octanol–water partition coefficient (Wildman–Crippen LogP) is 8.36. The van der Waals surface area contributed by atoms with E-state index in [-0.39, 0.29) is 61.3 Å². The number of fused-ring (bicyclic) bond motifs is 4. The van der Waals surface area contributed by atoms with Gasteiger partial charge in [0.15, 0.2) is 12.6 Å². The van der Waals surface area contributed by atoms with E-state index in [1.165, 1.54) is 7.11 Å². The number of methoxy groups -OCH3 is 1. The third-order valence-corrected chi connectivity index (χ3v) is 11.3. The van der Waals surface area contributed by atoms with Gasteiger partial charge >= 0.3 is 12.1 Å². The molecule has 4 aromatic rings. The number of halogens is 2. The van der Waals surface area contributed by atoms with Crippen LogP contribution in [-0.4, -0.2) is 76.7 Å². The molecule has 5 heterocycles. The highest BCUT2D eigenvalue weighted by Gasteiger charge is 2.56. The molecule has 1 N–H and O–H groups in total. The zero-order valence-corrected chi connectivity index (χ0v) is 32.1. The van der Waals surface area contributed by atoms with Crippen molar-refractivity contribution in [1.29, 1.82) is 5.26 Å². The molecule has 8 rings (SSSR count). The molecule has 3 amide bonds. The van der Waals surface area contributed by atoms with Gasteiger partial charge < -0.3 is 33.9 Å². The first-order valence-corrected chi connectivity index (χ1v) is 18.6. The van der Waals surface area contributed by atoms with Crippen LogP contribution in [0.1, 0.15) is 81.6 Å².